The SMILES string of the molecule is CCCCCCCCOC(c1ccc(C)o1)C(C)N. The van der Waals surface area contributed by atoms with Crippen molar-refractivity contribution in [3.8, 4) is 0 Å². The average Bonchev–Trinajstić information content (AvgIpc) is 2.78. The predicted octanol–water partition coefficient (Wildman–Crippen LogP) is 4.35. The molecule has 0 saturated heterocycles. The molecule has 110 valence electrons. The quantitative estimate of drug-likeness (QED) is 0.641. The Kier molecular flexibility index (Phi) is 7.84. The molecule has 2 N–H and O–H groups in total. The van der Waals surface area contributed by atoms with E-state index in [1.807, 2.05) is 26.0 Å². The topological polar surface area (TPSA) is 48.4 Å². The van der Waals surface area contributed by atoms with E-state index in [-0.39, 0.29) is 12.1 Å². The van der Waals surface area contributed by atoms with Gasteiger partial charge < -0.3 is 14.9 Å². The Balaban J connectivity index is 2.24. The van der Waals surface area contributed by atoms with Gasteiger partial charge in [0.1, 0.15) is 17.6 Å². The first-order chi connectivity index (χ1) is 9.15. The fraction of sp³-hybridized carbons (Fsp3) is 0.750. The molecule has 0 spiro atoms. The van der Waals surface area contributed by atoms with Crippen molar-refractivity contribution in [3.63, 3.8) is 0 Å². The number of hydrogen-bond acceptors (Lipinski definition) is 3. The molecule has 1 aromatic rings. The summed E-state index contributed by atoms with van der Waals surface area (Å²) in [6.07, 6.45) is 7.50. The van der Waals surface area contributed by atoms with Crippen molar-refractivity contribution >= 4 is 0 Å². The zero-order valence-corrected chi connectivity index (χ0v) is 12.7. The van der Waals surface area contributed by atoms with Gasteiger partial charge in [0.2, 0.25) is 0 Å². The predicted molar refractivity (Wildman–Crippen MR) is 79.2 cm³/mol. The Hall–Kier alpha value is -0.800. The highest BCUT2D eigenvalue weighted by Crippen LogP contribution is 2.23. The van der Waals surface area contributed by atoms with Crippen LogP contribution in [0.2, 0.25) is 0 Å². The summed E-state index contributed by atoms with van der Waals surface area (Å²) in [6, 6.07) is 3.87. The third kappa shape index (κ3) is 6.26. The second-order valence-corrected chi connectivity index (χ2v) is 5.37. The molecule has 0 aliphatic rings. The Labute approximate surface area is 117 Å². The van der Waals surface area contributed by atoms with Gasteiger partial charge in [-0.25, -0.2) is 0 Å². The third-order valence-electron chi connectivity index (χ3n) is 3.31. The number of aryl methyl sites for hydroxylation is 1. The van der Waals surface area contributed by atoms with Crippen LogP contribution in [-0.4, -0.2) is 12.6 Å². The Bertz CT molecular complexity index is 333. The maximum absolute atomic E-state index is 5.97. The molecule has 0 aliphatic carbocycles. The molecule has 0 aromatic carbocycles. The zero-order chi connectivity index (χ0) is 14.1. The minimum atomic E-state index is -0.121. The van der Waals surface area contributed by atoms with E-state index >= 15 is 0 Å². The average molecular weight is 267 g/mol. The van der Waals surface area contributed by atoms with E-state index < -0.39 is 0 Å². The number of unbranched alkanes of at least 4 members (excludes halogenated alkanes) is 5. The Morgan fingerprint density at radius 2 is 1.84 bits per heavy atom. The second-order valence-electron chi connectivity index (χ2n) is 5.37. The van der Waals surface area contributed by atoms with Gasteiger partial charge in [-0.05, 0) is 32.4 Å². The molecule has 0 radical (unpaired) electrons. The first-order valence-corrected chi connectivity index (χ1v) is 7.58. The highest BCUT2D eigenvalue weighted by Gasteiger charge is 2.19. The van der Waals surface area contributed by atoms with Gasteiger partial charge in [0.05, 0.1) is 0 Å². The molecule has 0 bridgehead atoms. The van der Waals surface area contributed by atoms with Gasteiger partial charge in [0, 0.05) is 12.6 Å². The molecule has 0 amide bonds. The lowest BCUT2D eigenvalue weighted by Crippen LogP contribution is -2.27. The summed E-state index contributed by atoms with van der Waals surface area (Å²) in [5.74, 6) is 1.75. The van der Waals surface area contributed by atoms with E-state index in [4.69, 9.17) is 14.9 Å². The smallest absolute Gasteiger partial charge is 0.134 e. The van der Waals surface area contributed by atoms with Crippen LogP contribution in [0.3, 0.4) is 0 Å². The van der Waals surface area contributed by atoms with Gasteiger partial charge in [-0.3, -0.25) is 0 Å². The van der Waals surface area contributed by atoms with Crippen LogP contribution in [0, 0.1) is 6.92 Å². The largest absolute Gasteiger partial charge is 0.464 e. The molecule has 0 saturated carbocycles. The number of rotatable bonds is 10. The van der Waals surface area contributed by atoms with E-state index in [0.29, 0.717) is 0 Å². The molecule has 0 fully saturated rings. The number of ether oxygens (including phenoxy) is 1. The monoisotopic (exact) mass is 267 g/mol. The van der Waals surface area contributed by atoms with Gasteiger partial charge in [-0.2, -0.15) is 0 Å². The molecule has 2 unspecified atom stereocenters. The highest BCUT2D eigenvalue weighted by atomic mass is 16.5. The molecule has 3 heteroatoms. The van der Waals surface area contributed by atoms with Crippen LogP contribution in [0.15, 0.2) is 16.5 Å². The lowest BCUT2D eigenvalue weighted by Gasteiger charge is -2.19. The van der Waals surface area contributed by atoms with Crippen molar-refractivity contribution in [2.24, 2.45) is 5.73 Å². The summed E-state index contributed by atoms with van der Waals surface area (Å²) in [4.78, 5) is 0. The number of nitrogens with two attached hydrogens (primary N) is 1. The Morgan fingerprint density at radius 3 is 2.42 bits per heavy atom. The van der Waals surface area contributed by atoms with E-state index in [1.54, 1.807) is 0 Å². The van der Waals surface area contributed by atoms with Gasteiger partial charge in [0.25, 0.3) is 0 Å². The van der Waals surface area contributed by atoms with Crippen LogP contribution in [0.5, 0.6) is 0 Å². The summed E-state index contributed by atoms with van der Waals surface area (Å²) in [6.45, 7) is 6.90. The normalized spacial score (nSPS) is 14.5. The summed E-state index contributed by atoms with van der Waals surface area (Å²) >= 11 is 0. The van der Waals surface area contributed by atoms with E-state index in [2.05, 4.69) is 6.92 Å². The molecular weight excluding hydrogens is 238 g/mol. The molecule has 1 heterocycles. The van der Waals surface area contributed by atoms with Crippen molar-refractivity contribution in [3.05, 3.63) is 23.7 Å². The fourth-order valence-corrected chi connectivity index (χ4v) is 2.19. The fourth-order valence-electron chi connectivity index (χ4n) is 2.19. The molecule has 19 heavy (non-hydrogen) atoms. The van der Waals surface area contributed by atoms with E-state index in [0.717, 1.165) is 24.5 Å². The number of hydrogen-bond donors (Lipinski definition) is 1. The molecule has 3 nitrogen and oxygen atoms in total. The van der Waals surface area contributed by atoms with Crippen LogP contribution >= 0.6 is 0 Å². The summed E-state index contributed by atoms with van der Waals surface area (Å²) in [5.41, 5.74) is 5.97. The highest BCUT2D eigenvalue weighted by molar-refractivity contribution is 5.09. The maximum Gasteiger partial charge on any atom is 0.134 e. The minimum Gasteiger partial charge on any atom is -0.464 e. The first-order valence-electron chi connectivity index (χ1n) is 7.58. The van der Waals surface area contributed by atoms with Gasteiger partial charge in [0.15, 0.2) is 0 Å². The van der Waals surface area contributed by atoms with Crippen LogP contribution in [-0.2, 0) is 4.74 Å². The molecule has 0 aliphatic heterocycles. The lowest BCUT2D eigenvalue weighted by atomic mass is 10.1. The number of furan rings is 1. The van der Waals surface area contributed by atoms with Crippen molar-refractivity contribution in [2.75, 3.05) is 6.61 Å². The van der Waals surface area contributed by atoms with Crippen molar-refractivity contribution in [1.29, 1.82) is 0 Å². The van der Waals surface area contributed by atoms with Crippen molar-refractivity contribution in [2.45, 2.75) is 71.4 Å². The molecule has 2 atom stereocenters. The zero-order valence-electron chi connectivity index (χ0n) is 12.7. The molecule has 1 rings (SSSR count). The van der Waals surface area contributed by atoms with Gasteiger partial charge in [-0.15, -0.1) is 0 Å². The van der Waals surface area contributed by atoms with Crippen LogP contribution in [0.1, 0.15) is 70.0 Å². The molecular formula is C16H29NO2. The minimum absolute atomic E-state index is 0.0503. The lowest BCUT2D eigenvalue weighted by molar-refractivity contribution is 0.0211. The first kappa shape index (κ1) is 16.3. The van der Waals surface area contributed by atoms with Crippen LogP contribution in [0.25, 0.3) is 0 Å². The maximum atomic E-state index is 5.97. The summed E-state index contributed by atoms with van der Waals surface area (Å²) in [5, 5.41) is 0. The van der Waals surface area contributed by atoms with Crippen molar-refractivity contribution in [1.82, 2.24) is 0 Å². The van der Waals surface area contributed by atoms with Crippen LogP contribution in [0.4, 0.5) is 0 Å². The van der Waals surface area contributed by atoms with Gasteiger partial charge >= 0.3 is 0 Å². The second kappa shape index (κ2) is 9.16. The van der Waals surface area contributed by atoms with Crippen LogP contribution < -0.4 is 5.73 Å². The van der Waals surface area contributed by atoms with Gasteiger partial charge in [-0.1, -0.05) is 39.0 Å². The summed E-state index contributed by atoms with van der Waals surface area (Å²) < 4.78 is 11.5. The van der Waals surface area contributed by atoms with E-state index in [9.17, 15) is 0 Å². The van der Waals surface area contributed by atoms with E-state index in [1.165, 1.54) is 32.1 Å². The summed E-state index contributed by atoms with van der Waals surface area (Å²) in [7, 11) is 0. The third-order valence-corrected chi connectivity index (χ3v) is 3.31. The Morgan fingerprint density at radius 1 is 1.16 bits per heavy atom. The van der Waals surface area contributed by atoms with Crippen molar-refractivity contribution < 1.29 is 9.15 Å². The molecule has 1 aromatic heterocycles. The standard InChI is InChI=1S/C16H29NO2/c1-4-5-6-7-8-9-12-18-16(14(3)17)15-11-10-13(2)19-15/h10-11,14,16H,4-9,12,17H2,1-3H3.